The van der Waals surface area contributed by atoms with Crippen LogP contribution in [0.25, 0.3) is 5.57 Å². The Bertz CT molecular complexity index is 1070. The summed E-state index contributed by atoms with van der Waals surface area (Å²) < 4.78 is 27.4. The molecule has 3 rings (SSSR count). The molecule has 0 saturated carbocycles. The van der Waals surface area contributed by atoms with Gasteiger partial charge in [0.25, 0.3) is 0 Å². The quantitative estimate of drug-likeness (QED) is 0.494. The molecule has 0 unspecified atom stereocenters. The molecule has 0 aliphatic rings. The second kappa shape index (κ2) is 8.90. The smallest absolute Gasteiger partial charge is 0.240 e. The minimum atomic E-state index is -3.60. The molecule has 28 heavy (non-hydrogen) atoms. The molecule has 2 aromatic carbocycles. The first-order chi connectivity index (χ1) is 13.6. The number of sulfonamides is 1. The van der Waals surface area contributed by atoms with Crippen LogP contribution in [0, 0.1) is 11.3 Å². The standard InChI is InChI=1S/C18H17N7O2S/c19-12-15(18-22-24-25-23-18)13-20-16-6-8-17(9-7-16)28(26,27)21-11-10-14-4-2-1-3-5-14/h1-9,13,20-21H,10-11H2,(H,22,23,24,25). The van der Waals surface area contributed by atoms with Crippen molar-refractivity contribution in [2.45, 2.75) is 11.3 Å². The molecule has 0 aliphatic heterocycles. The van der Waals surface area contributed by atoms with Gasteiger partial charge in [0.05, 0.1) is 4.90 Å². The summed E-state index contributed by atoms with van der Waals surface area (Å²) in [7, 11) is -3.60. The van der Waals surface area contributed by atoms with Crippen LogP contribution in [-0.2, 0) is 16.4 Å². The minimum Gasteiger partial charge on any atom is -0.360 e. The topological polar surface area (TPSA) is 136 Å². The highest BCUT2D eigenvalue weighted by Gasteiger charge is 2.13. The average molecular weight is 395 g/mol. The van der Waals surface area contributed by atoms with Gasteiger partial charge in [-0.3, -0.25) is 0 Å². The first-order valence-corrected chi connectivity index (χ1v) is 9.81. The minimum absolute atomic E-state index is 0.161. The van der Waals surface area contributed by atoms with Crippen LogP contribution in [0.5, 0.6) is 0 Å². The van der Waals surface area contributed by atoms with Crippen molar-refractivity contribution >= 4 is 21.3 Å². The molecule has 0 aliphatic carbocycles. The van der Waals surface area contributed by atoms with Gasteiger partial charge in [-0.1, -0.05) is 30.3 Å². The van der Waals surface area contributed by atoms with Gasteiger partial charge < -0.3 is 5.32 Å². The van der Waals surface area contributed by atoms with Crippen LogP contribution in [0.2, 0.25) is 0 Å². The Morgan fingerprint density at radius 1 is 1.14 bits per heavy atom. The molecule has 0 saturated heterocycles. The van der Waals surface area contributed by atoms with E-state index in [0.717, 1.165) is 5.56 Å². The lowest BCUT2D eigenvalue weighted by Crippen LogP contribution is -2.25. The zero-order valence-corrected chi connectivity index (χ0v) is 15.5. The maximum atomic E-state index is 12.4. The molecule has 142 valence electrons. The molecule has 0 fully saturated rings. The molecule has 9 nitrogen and oxygen atoms in total. The van der Waals surface area contributed by atoms with E-state index in [4.69, 9.17) is 5.26 Å². The van der Waals surface area contributed by atoms with Gasteiger partial charge in [-0.2, -0.15) is 10.5 Å². The summed E-state index contributed by atoms with van der Waals surface area (Å²) >= 11 is 0. The van der Waals surface area contributed by atoms with Gasteiger partial charge in [-0.15, -0.1) is 10.2 Å². The van der Waals surface area contributed by atoms with Crippen molar-refractivity contribution in [2.24, 2.45) is 0 Å². The number of nitrogens with zero attached hydrogens (tertiary/aromatic N) is 4. The number of rotatable bonds is 8. The van der Waals surface area contributed by atoms with Crippen LogP contribution in [0.4, 0.5) is 5.69 Å². The van der Waals surface area contributed by atoms with E-state index in [9.17, 15) is 8.42 Å². The number of anilines is 1. The summed E-state index contributed by atoms with van der Waals surface area (Å²) in [5.74, 6) is 0.164. The largest absolute Gasteiger partial charge is 0.360 e. The van der Waals surface area contributed by atoms with Gasteiger partial charge in [0.2, 0.25) is 15.8 Å². The Morgan fingerprint density at radius 2 is 1.89 bits per heavy atom. The van der Waals surface area contributed by atoms with Crippen molar-refractivity contribution in [2.75, 3.05) is 11.9 Å². The van der Waals surface area contributed by atoms with Crippen molar-refractivity contribution in [3.8, 4) is 6.07 Å². The van der Waals surface area contributed by atoms with Crippen LogP contribution >= 0.6 is 0 Å². The van der Waals surface area contributed by atoms with Crippen molar-refractivity contribution in [3.05, 3.63) is 72.2 Å². The van der Waals surface area contributed by atoms with Crippen molar-refractivity contribution in [3.63, 3.8) is 0 Å². The fraction of sp³-hybridized carbons (Fsp3) is 0.111. The predicted octanol–water partition coefficient (Wildman–Crippen LogP) is 1.70. The van der Waals surface area contributed by atoms with Crippen molar-refractivity contribution < 1.29 is 8.42 Å². The van der Waals surface area contributed by atoms with Gasteiger partial charge in [0.15, 0.2) is 0 Å². The van der Waals surface area contributed by atoms with Gasteiger partial charge in [-0.05, 0) is 41.5 Å². The SMILES string of the molecule is N#CC(=CNc1ccc(S(=O)(=O)NCCc2ccccc2)cc1)c1nn[nH]n1. The summed E-state index contributed by atoms with van der Waals surface area (Å²) in [6.45, 7) is 0.311. The fourth-order valence-electron chi connectivity index (χ4n) is 2.37. The van der Waals surface area contributed by atoms with E-state index >= 15 is 0 Å². The molecule has 3 aromatic rings. The van der Waals surface area contributed by atoms with Gasteiger partial charge >= 0.3 is 0 Å². The molecular weight excluding hydrogens is 378 g/mol. The van der Waals surface area contributed by atoms with Crippen LogP contribution in [0.3, 0.4) is 0 Å². The van der Waals surface area contributed by atoms with Crippen LogP contribution in [-0.4, -0.2) is 35.6 Å². The van der Waals surface area contributed by atoms with Gasteiger partial charge in [-0.25, -0.2) is 13.1 Å². The van der Waals surface area contributed by atoms with Crippen molar-refractivity contribution in [1.82, 2.24) is 25.3 Å². The zero-order chi connectivity index (χ0) is 19.8. The van der Waals surface area contributed by atoms with E-state index in [1.807, 2.05) is 36.4 Å². The molecule has 0 spiro atoms. The third-order valence-electron chi connectivity index (χ3n) is 3.80. The number of nitriles is 1. The van der Waals surface area contributed by atoms with E-state index in [1.165, 1.54) is 18.3 Å². The van der Waals surface area contributed by atoms with Gasteiger partial charge in [0, 0.05) is 18.4 Å². The number of aromatic amines is 1. The van der Waals surface area contributed by atoms with E-state index in [1.54, 1.807) is 12.1 Å². The molecular formula is C18H17N7O2S. The molecule has 0 bridgehead atoms. The first-order valence-electron chi connectivity index (χ1n) is 8.33. The second-order valence-electron chi connectivity index (χ2n) is 5.71. The molecule has 0 amide bonds. The lowest BCUT2D eigenvalue weighted by Gasteiger charge is -2.08. The Morgan fingerprint density at radius 3 is 2.54 bits per heavy atom. The lowest BCUT2D eigenvalue weighted by atomic mass is 10.2. The second-order valence-corrected chi connectivity index (χ2v) is 7.47. The number of hydrogen-bond acceptors (Lipinski definition) is 7. The lowest BCUT2D eigenvalue weighted by molar-refractivity contribution is 0.581. The highest BCUT2D eigenvalue weighted by molar-refractivity contribution is 7.89. The van der Waals surface area contributed by atoms with Gasteiger partial charge in [0.1, 0.15) is 11.6 Å². The molecule has 0 atom stereocenters. The highest BCUT2D eigenvalue weighted by atomic mass is 32.2. The van der Waals surface area contributed by atoms with E-state index < -0.39 is 10.0 Å². The summed E-state index contributed by atoms with van der Waals surface area (Å²) in [6, 6.07) is 17.8. The maximum Gasteiger partial charge on any atom is 0.240 e. The Labute approximate surface area is 162 Å². The predicted molar refractivity (Wildman–Crippen MR) is 103 cm³/mol. The number of aromatic nitrogens is 4. The number of H-pyrrole nitrogens is 1. The fourth-order valence-corrected chi connectivity index (χ4v) is 3.40. The van der Waals surface area contributed by atoms with Crippen LogP contribution < -0.4 is 10.0 Å². The third-order valence-corrected chi connectivity index (χ3v) is 5.28. The summed E-state index contributed by atoms with van der Waals surface area (Å²) in [5.41, 5.74) is 1.86. The normalized spacial score (nSPS) is 11.8. The number of hydrogen-bond donors (Lipinski definition) is 3. The Kier molecular flexibility index (Phi) is 6.11. The number of allylic oxidation sites excluding steroid dienone is 1. The number of tetrazole rings is 1. The summed E-state index contributed by atoms with van der Waals surface area (Å²) in [4.78, 5) is 0.161. The molecule has 3 N–H and O–H groups in total. The monoisotopic (exact) mass is 395 g/mol. The number of benzene rings is 2. The summed E-state index contributed by atoms with van der Waals surface area (Å²) in [6.07, 6.45) is 2.03. The van der Waals surface area contributed by atoms with Crippen molar-refractivity contribution in [1.29, 1.82) is 5.26 Å². The Hall–Kier alpha value is -3.55. The summed E-state index contributed by atoms with van der Waals surface area (Å²) in [5, 5.41) is 25.2. The maximum absolute atomic E-state index is 12.4. The molecule has 1 aromatic heterocycles. The molecule has 1 heterocycles. The van der Waals surface area contributed by atoms with E-state index in [-0.39, 0.29) is 16.3 Å². The number of nitrogens with one attached hydrogen (secondary N) is 3. The van der Waals surface area contributed by atoms with E-state index in [2.05, 4.69) is 30.7 Å². The highest BCUT2D eigenvalue weighted by Crippen LogP contribution is 2.15. The molecule has 10 heteroatoms. The van der Waals surface area contributed by atoms with Crippen LogP contribution in [0.1, 0.15) is 11.4 Å². The average Bonchev–Trinajstić information content (AvgIpc) is 3.24. The van der Waals surface area contributed by atoms with E-state index in [0.29, 0.717) is 18.7 Å². The third kappa shape index (κ3) is 5.00. The molecule has 0 radical (unpaired) electrons. The zero-order valence-electron chi connectivity index (χ0n) is 14.7. The van der Waals surface area contributed by atoms with Crippen LogP contribution in [0.15, 0.2) is 65.7 Å². The Balaban J connectivity index is 1.60. The first kappa shape index (κ1) is 19.2.